The average Bonchev–Trinajstić information content (AvgIpc) is 3.28. The van der Waals surface area contributed by atoms with E-state index in [0.717, 1.165) is 24.0 Å². The maximum Gasteiger partial charge on any atom is 0.255 e. The molecule has 0 amide bonds. The zero-order valence-electron chi connectivity index (χ0n) is 18.2. The molecule has 2 aromatic heterocycles. The van der Waals surface area contributed by atoms with Crippen LogP contribution in [0.25, 0.3) is 5.69 Å². The summed E-state index contributed by atoms with van der Waals surface area (Å²) in [5.41, 5.74) is 2.24. The molecule has 3 aromatic rings. The van der Waals surface area contributed by atoms with Gasteiger partial charge in [-0.25, -0.2) is 8.42 Å². The van der Waals surface area contributed by atoms with Gasteiger partial charge in [-0.1, -0.05) is 24.0 Å². The highest BCUT2D eigenvalue weighted by Gasteiger charge is 2.33. The fourth-order valence-corrected chi connectivity index (χ4v) is 5.33. The van der Waals surface area contributed by atoms with Crippen LogP contribution in [0.15, 0.2) is 60.0 Å². The van der Waals surface area contributed by atoms with Gasteiger partial charge in [-0.2, -0.15) is 0 Å². The van der Waals surface area contributed by atoms with Crippen LogP contribution in [0, 0.1) is 18.8 Å². The Balaban J connectivity index is 1.66. The van der Waals surface area contributed by atoms with E-state index in [2.05, 4.69) is 27.0 Å². The van der Waals surface area contributed by atoms with E-state index in [1.165, 1.54) is 4.57 Å². The van der Waals surface area contributed by atoms with Crippen molar-refractivity contribution in [3.63, 3.8) is 0 Å². The van der Waals surface area contributed by atoms with Crippen LogP contribution < -0.4 is 4.74 Å². The van der Waals surface area contributed by atoms with Crippen LogP contribution in [-0.4, -0.2) is 45.1 Å². The van der Waals surface area contributed by atoms with Crippen LogP contribution in [0.5, 0.6) is 5.75 Å². The summed E-state index contributed by atoms with van der Waals surface area (Å²) < 4.78 is 34.2. The standard InChI is InChI=1S/C24H24N4O4S/c1-18-15-21(12-11-19(18)7-6-14-29)32-17-23-26-27-24(28(23)20-8-5-13-25-16-20)33(30,31)22-9-3-2-4-10-22/h3,5,8-9,11-13,15-16,22,29H,2,4,10,14,17H2,1H3. The smallest absolute Gasteiger partial charge is 0.255 e. The van der Waals surface area contributed by atoms with E-state index in [1.54, 1.807) is 36.7 Å². The molecule has 170 valence electrons. The molecule has 0 radical (unpaired) electrons. The van der Waals surface area contributed by atoms with E-state index in [1.807, 2.05) is 25.1 Å². The first-order chi connectivity index (χ1) is 16.0. The van der Waals surface area contributed by atoms with Gasteiger partial charge in [-0.15, -0.1) is 10.2 Å². The van der Waals surface area contributed by atoms with Crippen molar-refractivity contribution >= 4 is 9.84 Å². The summed E-state index contributed by atoms with van der Waals surface area (Å²) >= 11 is 0. The first kappa shape index (κ1) is 22.7. The van der Waals surface area contributed by atoms with Gasteiger partial charge >= 0.3 is 0 Å². The third-order valence-corrected chi connectivity index (χ3v) is 7.30. The summed E-state index contributed by atoms with van der Waals surface area (Å²) in [5, 5.41) is 16.4. The Hall–Kier alpha value is -3.48. The van der Waals surface area contributed by atoms with Gasteiger partial charge in [-0.3, -0.25) is 9.55 Å². The molecule has 1 unspecified atom stereocenters. The van der Waals surface area contributed by atoms with E-state index in [-0.39, 0.29) is 18.4 Å². The van der Waals surface area contributed by atoms with Crippen LogP contribution in [0.2, 0.25) is 0 Å². The third-order valence-electron chi connectivity index (χ3n) is 5.34. The van der Waals surface area contributed by atoms with Gasteiger partial charge in [0.05, 0.1) is 17.1 Å². The summed E-state index contributed by atoms with van der Waals surface area (Å²) in [6.07, 6.45) is 9.07. The van der Waals surface area contributed by atoms with Crippen LogP contribution >= 0.6 is 0 Å². The van der Waals surface area contributed by atoms with Gasteiger partial charge in [0.1, 0.15) is 19.0 Å². The Morgan fingerprint density at radius 2 is 2.15 bits per heavy atom. The monoisotopic (exact) mass is 464 g/mol. The predicted molar refractivity (Wildman–Crippen MR) is 123 cm³/mol. The molecule has 1 N–H and O–H groups in total. The van der Waals surface area contributed by atoms with E-state index in [4.69, 9.17) is 9.84 Å². The van der Waals surface area contributed by atoms with E-state index < -0.39 is 15.1 Å². The Bertz CT molecular complexity index is 1320. The molecule has 0 bridgehead atoms. The van der Waals surface area contributed by atoms with Gasteiger partial charge in [-0.05, 0) is 62.1 Å². The van der Waals surface area contributed by atoms with Crippen molar-refractivity contribution in [2.75, 3.05) is 6.61 Å². The van der Waals surface area contributed by atoms with Crippen LogP contribution in [0.1, 0.15) is 36.2 Å². The largest absolute Gasteiger partial charge is 0.486 e. The Morgan fingerprint density at radius 1 is 1.27 bits per heavy atom. The van der Waals surface area contributed by atoms with E-state index in [0.29, 0.717) is 23.7 Å². The molecule has 0 saturated carbocycles. The van der Waals surface area contributed by atoms with Crippen LogP contribution in [0.4, 0.5) is 0 Å². The number of hydrogen-bond acceptors (Lipinski definition) is 7. The zero-order chi connectivity index (χ0) is 23.3. The molecule has 1 aliphatic carbocycles. The van der Waals surface area contributed by atoms with Gasteiger partial charge in [0.25, 0.3) is 5.16 Å². The zero-order valence-corrected chi connectivity index (χ0v) is 19.0. The van der Waals surface area contributed by atoms with Gasteiger partial charge in [0.15, 0.2) is 5.82 Å². The number of aromatic nitrogens is 4. The highest BCUT2D eigenvalue weighted by Crippen LogP contribution is 2.26. The van der Waals surface area contributed by atoms with Crippen molar-refractivity contribution in [1.82, 2.24) is 19.7 Å². The summed E-state index contributed by atoms with van der Waals surface area (Å²) in [6, 6.07) is 8.89. The third kappa shape index (κ3) is 4.97. The lowest BCUT2D eigenvalue weighted by Gasteiger charge is -2.17. The number of allylic oxidation sites excluding steroid dienone is 1. The Labute approximate surface area is 192 Å². The number of aliphatic hydroxyl groups excluding tert-OH is 1. The van der Waals surface area contributed by atoms with Gasteiger partial charge in [0.2, 0.25) is 9.84 Å². The number of aliphatic hydroxyl groups is 1. The molecular weight excluding hydrogens is 440 g/mol. The van der Waals surface area contributed by atoms with Crippen molar-refractivity contribution in [2.24, 2.45) is 0 Å². The second-order valence-electron chi connectivity index (χ2n) is 7.61. The molecule has 2 heterocycles. The minimum atomic E-state index is -3.74. The summed E-state index contributed by atoms with van der Waals surface area (Å²) in [7, 11) is -3.74. The maximum absolute atomic E-state index is 13.4. The van der Waals surface area contributed by atoms with E-state index in [9.17, 15) is 8.42 Å². The number of pyridine rings is 1. The lowest BCUT2D eigenvalue weighted by atomic mass is 10.1. The molecule has 1 aliphatic rings. The molecule has 0 aliphatic heterocycles. The van der Waals surface area contributed by atoms with Crippen LogP contribution in [-0.2, 0) is 16.4 Å². The lowest BCUT2D eigenvalue weighted by Crippen LogP contribution is -2.24. The number of rotatable bonds is 6. The highest BCUT2D eigenvalue weighted by molar-refractivity contribution is 7.92. The number of aryl methyl sites for hydroxylation is 1. The molecule has 8 nitrogen and oxygen atoms in total. The van der Waals surface area contributed by atoms with Crippen molar-refractivity contribution in [2.45, 2.75) is 43.2 Å². The Morgan fingerprint density at radius 3 is 2.85 bits per heavy atom. The summed E-state index contributed by atoms with van der Waals surface area (Å²) in [5.74, 6) is 6.45. The molecular formula is C24H24N4O4S. The SMILES string of the molecule is Cc1cc(OCc2nnc(S(=O)(=O)C3C=CCCC3)n2-c2cccnc2)ccc1C#CCO. The van der Waals surface area contributed by atoms with Gasteiger partial charge in [0, 0.05) is 11.8 Å². The fraction of sp³-hybridized carbons (Fsp3) is 0.292. The normalized spacial score (nSPS) is 15.6. The van der Waals surface area contributed by atoms with Gasteiger partial charge < -0.3 is 9.84 Å². The number of benzene rings is 1. The van der Waals surface area contributed by atoms with E-state index >= 15 is 0 Å². The van der Waals surface area contributed by atoms with Crippen molar-refractivity contribution in [3.8, 4) is 23.3 Å². The van der Waals surface area contributed by atoms with Crippen molar-refractivity contribution in [3.05, 3.63) is 71.8 Å². The minimum Gasteiger partial charge on any atom is -0.486 e. The number of ether oxygens (including phenoxy) is 1. The average molecular weight is 465 g/mol. The first-order valence-electron chi connectivity index (χ1n) is 10.6. The predicted octanol–water partition coefficient (Wildman–Crippen LogP) is 2.78. The summed E-state index contributed by atoms with van der Waals surface area (Å²) in [4.78, 5) is 4.12. The molecule has 9 heteroatoms. The number of nitrogens with zero attached hydrogens (tertiary/aromatic N) is 4. The maximum atomic E-state index is 13.4. The minimum absolute atomic E-state index is 0.0129. The molecule has 1 aromatic carbocycles. The molecule has 33 heavy (non-hydrogen) atoms. The molecule has 0 saturated heterocycles. The summed E-state index contributed by atoms with van der Waals surface area (Å²) in [6.45, 7) is 1.71. The second kappa shape index (κ2) is 9.98. The quantitative estimate of drug-likeness (QED) is 0.441. The molecule has 0 fully saturated rings. The van der Waals surface area contributed by atoms with Crippen molar-refractivity contribution < 1.29 is 18.3 Å². The first-order valence-corrected chi connectivity index (χ1v) is 12.1. The molecule has 0 spiro atoms. The number of hydrogen-bond donors (Lipinski definition) is 1. The lowest BCUT2D eigenvalue weighted by molar-refractivity contribution is 0.292. The molecule has 1 atom stereocenters. The number of sulfone groups is 1. The second-order valence-corrected chi connectivity index (χ2v) is 9.67. The molecule has 4 rings (SSSR count). The topological polar surface area (TPSA) is 107 Å². The van der Waals surface area contributed by atoms with Crippen molar-refractivity contribution in [1.29, 1.82) is 0 Å². The highest BCUT2D eigenvalue weighted by atomic mass is 32.2. The Kier molecular flexibility index (Phi) is 6.87. The van der Waals surface area contributed by atoms with Crippen LogP contribution in [0.3, 0.4) is 0 Å². The fourth-order valence-electron chi connectivity index (χ4n) is 3.65.